The van der Waals surface area contributed by atoms with E-state index in [1.807, 2.05) is 13.8 Å². The van der Waals surface area contributed by atoms with E-state index in [1.165, 1.54) is 0 Å². The first kappa shape index (κ1) is 17.2. The number of aliphatic carboxylic acids is 1. The monoisotopic (exact) mass is 278 g/mol. The van der Waals surface area contributed by atoms with Gasteiger partial charge in [0.1, 0.15) is 0 Å². The number of carbonyl (C=O) groups excluding carboxylic acids is 1. The molecule has 0 aromatic carbocycles. The van der Waals surface area contributed by atoms with Gasteiger partial charge >= 0.3 is 5.97 Å². The zero-order valence-corrected chi connectivity index (χ0v) is 11.8. The molecule has 0 saturated carbocycles. The molecule has 0 aliphatic carbocycles. The summed E-state index contributed by atoms with van der Waals surface area (Å²) in [5.74, 6) is -0.854. The van der Waals surface area contributed by atoms with Gasteiger partial charge in [-0.25, -0.2) is 0 Å². The van der Waals surface area contributed by atoms with Crippen molar-refractivity contribution in [3.63, 3.8) is 0 Å². The molecule has 106 valence electrons. The quantitative estimate of drug-likeness (QED) is 0.705. The van der Waals surface area contributed by atoms with Crippen LogP contribution in [0.1, 0.15) is 39.5 Å². The topological polar surface area (TPSA) is 78.4 Å². The molecule has 1 saturated heterocycles. The summed E-state index contributed by atoms with van der Waals surface area (Å²) in [7, 11) is 0. The summed E-state index contributed by atoms with van der Waals surface area (Å²) < 4.78 is 0. The van der Waals surface area contributed by atoms with Crippen molar-refractivity contribution < 1.29 is 14.7 Å². The molecule has 3 N–H and O–H groups in total. The first-order valence-corrected chi connectivity index (χ1v) is 6.15. The fraction of sp³-hybridized carbons (Fsp3) is 0.833. The highest BCUT2D eigenvalue weighted by molar-refractivity contribution is 5.85. The van der Waals surface area contributed by atoms with Crippen LogP contribution in [0.4, 0.5) is 0 Å². The van der Waals surface area contributed by atoms with Gasteiger partial charge in [-0.1, -0.05) is 0 Å². The van der Waals surface area contributed by atoms with Crippen molar-refractivity contribution in [2.24, 2.45) is 5.41 Å². The first-order valence-electron chi connectivity index (χ1n) is 6.15. The highest BCUT2D eigenvalue weighted by atomic mass is 35.5. The molecule has 1 aliphatic heterocycles. The van der Waals surface area contributed by atoms with E-state index < -0.39 is 5.97 Å². The van der Waals surface area contributed by atoms with Crippen LogP contribution in [0.5, 0.6) is 0 Å². The third-order valence-electron chi connectivity index (χ3n) is 3.18. The molecule has 1 heterocycles. The summed E-state index contributed by atoms with van der Waals surface area (Å²) in [6.45, 7) is 5.40. The van der Waals surface area contributed by atoms with E-state index in [1.54, 1.807) is 0 Å². The lowest BCUT2D eigenvalue weighted by Crippen LogP contribution is -2.42. The molecule has 1 aliphatic rings. The number of carboxylic acid groups (broad SMARTS) is 1. The van der Waals surface area contributed by atoms with E-state index in [2.05, 4.69) is 10.6 Å². The molecule has 1 amide bonds. The highest BCUT2D eigenvalue weighted by Crippen LogP contribution is 2.36. The zero-order valence-electron chi connectivity index (χ0n) is 11.0. The van der Waals surface area contributed by atoms with Gasteiger partial charge in [-0.2, -0.15) is 0 Å². The lowest BCUT2D eigenvalue weighted by molar-refractivity contribution is -0.141. The summed E-state index contributed by atoms with van der Waals surface area (Å²) >= 11 is 0. The average molecular weight is 279 g/mol. The maximum Gasteiger partial charge on any atom is 0.303 e. The van der Waals surface area contributed by atoms with Crippen molar-refractivity contribution in [1.82, 2.24) is 10.6 Å². The summed E-state index contributed by atoms with van der Waals surface area (Å²) in [5.41, 5.74) is -0.365. The molecular weight excluding hydrogens is 256 g/mol. The maximum absolute atomic E-state index is 11.8. The van der Waals surface area contributed by atoms with Crippen LogP contribution in [0, 0.1) is 5.41 Å². The van der Waals surface area contributed by atoms with Crippen LogP contribution in [-0.2, 0) is 9.59 Å². The molecule has 0 radical (unpaired) electrons. The second-order valence-electron chi connectivity index (χ2n) is 5.22. The molecule has 1 rings (SSSR count). The number of nitrogens with one attached hydrogen (secondary N) is 2. The van der Waals surface area contributed by atoms with Crippen LogP contribution in [0.2, 0.25) is 0 Å². The summed E-state index contributed by atoms with van der Waals surface area (Å²) in [6.07, 6.45) is 1.91. The van der Waals surface area contributed by atoms with Crippen molar-refractivity contribution >= 4 is 24.3 Å². The van der Waals surface area contributed by atoms with Gasteiger partial charge in [0.25, 0.3) is 0 Å². The lowest BCUT2D eigenvalue weighted by Gasteiger charge is -2.36. The fourth-order valence-corrected chi connectivity index (χ4v) is 2.41. The van der Waals surface area contributed by atoms with Crippen molar-refractivity contribution in [2.45, 2.75) is 45.6 Å². The van der Waals surface area contributed by atoms with Crippen LogP contribution in [0.25, 0.3) is 0 Å². The van der Waals surface area contributed by atoms with E-state index >= 15 is 0 Å². The van der Waals surface area contributed by atoms with E-state index in [0.29, 0.717) is 6.42 Å². The predicted octanol–water partition coefficient (Wildman–Crippen LogP) is 1.17. The number of hydrogen-bond acceptors (Lipinski definition) is 3. The normalized spacial score (nSPS) is 17.9. The van der Waals surface area contributed by atoms with Gasteiger partial charge in [-0.05, 0) is 45.2 Å². The SMILES string of the molecule is CC(C)NC(=O)CC1(CC(=O)O)CCNCC1.Cl. The predicted molar refractivity (Wildman–Crippen MR) is 71.9 cm³/mol. The van der Waals surface area contributed by atoms with E-state index in [9.17, 15) is 9.59 Å². The van der Waals surface area contributed by atoms with Crippen molar-refractivity contribution in [2.75, 3.05) is 13.1 Å². The van der Waals surface area contributed by atoms with Gasteiger partial charge in [-0.15, -0.1) is 12.4 Å². The van der Waals surface area contributed by atoms with Crippen LogP contribution in [0.15, 0.2) is 0 Å². The minimum absolute atomic E-state index is 0. The molecule has 0 unspecified atom stereocenters. The van der Waals surface area contributed by atoms with Crippen molar-refractivity contribution in [3.05, 3.63) is 0 Å². The van der Waals surface area contributed by atoms with Gasteiger partial charge < -0.3 is 15.7 Å². The van der Waals surface area contributed by atoms with E-state index in [-0.39, 0.29) is 36.2 Å². The Kier molecular flexibility index (Phi) is 7.25. The molecule has 6 heteroatoms. The third-order valence-corrected chi connectivity index (χ3v) is 3.18. The molecular formula is C12H23ClN2O3. The van der Waals surface area contributed by atoms with Crippen molar-refractivity contribution in [1.29, 1.82) is 0 Å². The molecule has 5 nitrogen and oxygen atoms in total. The van der Waals surface area contributed by atoms with Crippen LogP contribution in [0.3, 0.4) is 0 Å². The van der Waals surface area contributed by atoms with Gasteiger partial charge in [0.05, 0.1) is 6.42 Å². The molecule has 0 atom stereocenters. The van der Waals surface area contributed by atoms with E-state index in [0.717, 1.165) is 25.9 Å². The minimum atomic E-state index is -0.816. The first-order chi connectivity index (χ1) is 7.93. The number of halogens is 1. The number of piperidine rings is 1. The number of rotatable bonds is 5. The summed E-state index contributed by atoms with van der Waals surface area (Å²) in [6, 6.07) is 0.103. The Morgan fingerprint density at radius 2 is 1.83 bits per heavy atom. The zero-order chi connectivity index (χ0) is 12.9. The molecule has 0 aromatic rings. The highest BCUT2D eigenvalue weighted by Gasteiger charge is 2.36. The number of amides is 1. The number of carboxylic acids is 1. The van der Waals surface area contributed by atoms with E-state index in [4.69, 9.17) is 5.11 Å². The fourth-order valence-electron chi connectivity index (χ4n) is 2.41. The lowest BCUT2D eigenvalue weighted by atomic mass is 9.73. The average Bonchev–Trinajstić information content (AvgIpc) is 2.15. The summed E-state index contributed by atoms with van der Waals surface area (Å²) in [4.78, 5) is 22.7. The Morgan fingerprint density at radius 1 is 1.28 bits per heavy atom. The second kappa shape index (κ2) is 7.59. The maximum atomic E-state index is 11.8. The van der Waals surface area contributed by atoms with Crippen LogP contribution < -0.4 is 10.6 Å². The Hall–Kier alpha value is -0.810. The Morgan fingerprint density at radius 3 is 2.28 bits per heavy atom. The van der Waals surface area contributed by atoms with Gasteiger partial charge in [0.2, 0.25) is 5.91 Å². The second-order valence-corrected chi connectivity index (χ2v) is 5.22. The minimum Gasteiger partial charge on any atom is -0.481 e. The largest absolute Gasteiger partial charge is 0.481 e. The summed E-state index contributed by atoms with van der Waals surface area (Å²) in [5, 5.41) is 15.0. The number of carbonyl (C=O) groups is 2. The Balaban J connectivity index is 0.00000289. The van der Waals surface area contributed by atoms with Gasteiger partial charge in [0.15, 0.2) is 0 Å². The van der Waals surface area contributed by atoms with Crippen LogP contribution >= 0.6 is 12.4 Å². The Bertz CT molecular complexity index is 289. The standard InChI is InChI=1S/C12H22N2O3.ClH/c1-9(2)14-10(15)7-12(8-11(16)17)3-5-13-6-4-12;/h9,13H,3-8H2,1-2H3,(H,14,15)(H,16,17);1H. The Labute approximate surface area is 114 Å². The molecule has 0 spiro atoms. The van der Waals surface area contributed by atoms with Gasteiger partial charge in [-0.3, -0.25) is 9.59 Å². The molecule has 18 heavy (non-hydrogen) atoms. The van der Waals surface area contributed by atoms with Crippen molar-refractivity contribution in [3.8, 4) is 0 Å². The third kappa shape index (κ3) is 5.69. The molecule has 1 fully saturated rings. The molecule has 0 aromatic heterocycles. The van der Waals surface area contributed by atoms with Gasteiger partial charge in [0, 0.05) is 12.5 Å². The smallest absolute Gasteiger partial charge is 0.303 e. The number of hydrogen-bond donors (Lipinski definition) is 3. The molecule has 0 bridgehead atoms. The van der Waals surface area contributed by atoms with Crippen LogP contribution in [-0.4, -0.2) is 36.1 Å².